The summed E-state index contributed by atoms with van der Waals surface area (Å²) < 4.78 is 0. The predicted octanol–water partition coefficient (Wildman–Crippen LogP) is 1.91. The minimum absolute atomic E-state index is 0.0443. The summed E-state index contributed by atoms with van der Waals surface area (Å²) >= 11 is 0. The van der Waals surface area contributed by atoms with Crippen molar-refractivity contribution in [3.8, 4) is 6.07 Å². The van der Waals surface area contributed by atoms with Gasteiger partial charge < -0.3 is 0 Å². The molecule has 60 valence electrons. The van der Waals surface area contributed by atoms with E-state index in [0.29, 0.717) is 12.8 Å². The molecule has 1 fully saturated rings. The summed E-state index contributed by atoms with van der Waals surface area (Å²) in [6.45, 7) is 4.13. The smallest absolute Gasteiger partial charge is 0.134 e. The highest BCUT2D eigenvalue weighted by molar-refractivity contribution is 5.80. The molecule has 0 bridgehead atoms. The first-order valence-corrected chi connectivity index (χ1v) is 3.97. The van der Waals surface area contributed by atoms with Crippen molar-refractivity contribution in [3.05, 3.63) is 0 Å². The van der Waals surface area contributed by atoms with Gasteiger partial charge in [0.05, 0.1) is 12.0 Å². The first-order valence-electron chi connectivity index (χ1n) is 3.97. The van der Waals surface area contributed by atoms with E-state index in [0.717, 1.165) is 6.42 Å². The summed E-state index contributed by atoms with van der Waals surface area (Å²) in [5.74, 6) is 0.180. The average Bonchev–Trinajstić information content (AvgIpc) is 1.94. The van der Waals surface area contributed by atoms with Gasteiger partial charge in [0.15, 0.2) is 0 Å². The van der Waals surface area contributed by atoms with Crippen LogP contribution in [0.1, 0.15) is 33.1 Å². The molecule has 0 amide bonds. The van der Waals surface area contributed by atoms with Crippen LogP contribution in [-0.2, 0) is 4.79 Å². The molecular weight excluding hydrogens is 138 g/mol. The molecule has 0 aromatic heterocycles. The Balaban J connectivity index is 2.73. The number of nitrogens with zero attached hydrogens (tertiary/aromatic N) is 1. The van der Waals surface area contributed by atoms with Gasteiger partial charge in [-0.05, 0) is 11.8 Å². The van der Waals surface area contributed by atoms with Crippen LogP contribution in [0.2, 0.25) is 0 Å². The fourth-order valence-corrected chi connectivity index (χ4v) is 1.46. The number of ketones is 1. The van der Waals surface area contributed by atoms with Gasteiger partial charge in [-0.2, -0.15) is 5.26 Å². The molecule has 1 atom stereocenters. The van der Waals surface area contributed by atoms with Gasteiger partial charge in [0.25, 0.3) is 0 Å². The van der Waals surface area contributed by atoms with Gasteiger partial charge in [-0.3, -0.25) is 4.79 Å². The average molecular weight is 151 g/mol. The van der Waals surface area contributed by atoms with Gasteiger partial charge in [0.2, 0.25) is 0 Å². The standard InChI is InChI=1S/C9H13NO/c1-9(2)4-3-8(11)5-7(9)6-10/h7H,3-5H2,1-2H3/t7-/m1/s1. The van der Waals surface area contributed by atoms with E-state index in [2.05, 4.69) is 19.9 Å². The topological polar surface area (TPSA) is 40.9 Å². The van der Waals surface area contributed by atoms with E-state index in [9.17, 15) is 4.79 Å². The quantitative estimate of drug-likeness (QED) is 0.530. The van der Waals surface area contributed by atoms with Crippen LogP contribution in [0.3, 0.4) is 0 Å². The van der Waals surface area contributed by atoms with Crippen LogP contribution in [0, 0.1) is 22.7 Å². The number of carbonyl (C=O) groups is 1. The van der Waals surface area contributed by atoms with Crippen molar-refractivity contribution in [2.24, 2.45) is 11.3 Å². The zero-order valence-corrected chi connectivity index (χ0v) is 7.05. The van der Waals surface area contributed by atoms with Crippen LogP contribution in [-0.4, -0.2) is 5.78 Å². The molecule has 0 saturated heterocycles. The lowest BCUT2D eigenvalue weighted by Gasteiger charge is -2.33. The van der Waals surface area contributed by atoms with Crippen LogP contribution in [0.25, 0.3) is 0 Å². The maximum Gasteiger partial charge on any atom is 0.134 e. The third-order valence-corrected chi connectivity index (χ3v) is 2.58. The van der Waals surface area contributed by atoms with Crippen molar-refractivity contribution >= 4 is 5.78 Å². The second kappa shape index (κ2) is 2.65. The lowest BCUT2D eigenvalue weighted by molar-refractivity contribution is -0.123. The van der Waals surface area contributed by atoms with Crippen LogP contribution in [0.4, 0.5) is 0 Å². The molecule has 0 unspecified atom stereocenters. The van der Waals surface area contributed by atoms with Crippen LogP contribution in [0.5, 0.6) is 0 Å². The molecule has 0 spiro atoms. The first-order chi connectivity index (χ1) is 5.06. The fraction of sp³-hybridized carbons (Fsp3) is 0.778. The van der Waals surface area contributed by atoms with E-state index in [1.807, 2.05) is 0 Å². The predicted molar refractivity (Wildman–Crippen MR) is 41.7 cm³/mol. The molecule has 1 aliphatic rings. The number of hydrogen-bond acceptors (Lipinski definition) is 2. The molecule has 2 nitrogen and oxygen atoms in total. The maximum absolute atomic E-state index is 11.0. The number of Topliss-reactive ketones (excluding diaryl/α,β-unsaturated/α-hetero) is 1. The first kappa shape index (κ1) is 8.26. The Hall–Kier alpha value is -0.840. The van der Waals surface area contributed by atoms with Gasteiger partial charge in [-0.25, -0.2) is 0 Å². The zero-order valence-electron chi connectivity index (χ0n) is 7.05. The summed E-state index contributed by atoms with van der Waals surface area (Å²) in [7, 11) is 0. The van der Waals surface area contributed by atoms with Gasteiger partial charge >= 0.3 is 0 Å². The molecule has 0 heterocycles. The molecule has 1 rings (SSSR count). The Morgan fingerprint density at radius 2 is 2.27 bits per heavy atom. The minimum atomic E-state index is -0.0660. The number of rotatable bonds is 0. The van der Waals surface area contributed by atoms with Crippen molar-refractivity contribution in [3.63, 3.8) is 0 Å². The Kier molecular flexibility index (Phi) is 1.99. The highest BCUT2D eigenvalue weighted by atomic mass is 16.1. The molecule has 0 N–H and O–H groups in total. The molecular formula is C9H13NO. The van der Waals surface area contributed by atoms with Crippen LogP contribution >= 0.6 is 0 Å². The Bertz CT molecular complexity index is 212. The van der Waals surface area contributed by atoms with Gasteiger partial charge in [0.1, 0.15) is 5.78 Å². The van der Waals surface area contributed by atoms with Gasteiger partial charge in [-0.1, -0.05) is 13.8 Å². The summed E-state index contributed by atoms with van der Waals surface area (Å²) in [5, 5.41) is 8.74. The Morgan fingerprint density at radius 1 is 1.64 bits per heavy atom. The Labute approximate surface area is 67.2 Å². The summed E-state index contributed by atoms with van der Waals surface area (Å²) in [6, 6.07) is 2.20. The van der Waals surface area contributed by atoms with Crippen molar-refractivity contribution in [1.82, 2.24) is 0 Å². The highest BCUT2D eigenvalue weighted by Crippen LogP contribution is 2.38. The highest BCUT2D eigenvalue weighted by Gasteiger charge is 2.35. The summed E-state index contributed by atoms with van der Waals surface area (Å²) in [4.78, 5) is 11.0. The minimum Gasteiger partial charge on any atom is -0.300 e. The zero-order chi connectivity index (χ0) is 8.48. The molecule has 1 saturated carbocycles. The second-order valence-corrected chi connectivity index (χ2v) is 3.91. The maximum atomic E-state index is 11.0. The molecule has 0 aliphatic heterocycles. The summed E-state index contributed by atoms with van der Waals surface area (Å²) in [6.07, 6.45) is 1.98. The number of hydrogen-bond donors (Lipinski definition) is 0. The van der Waals surface area contributed by atoms with E-state index in [4.69, 9.17) is 5.26 Å². The van der Waals surface area contributed by atoms with Crippen molar-refractivity contribution in [2.45, 2.75) is 33.1 Å². The van der Waals surface area contributed by atoms with E-state index in [1.54, 1.807) is 0 Å². The lowest BCUT2D eigenvalue weighted by Crippen LogP contribution is -2.30. The number of carbonyl (C=O) groups excluding carboxylic acids is 1. The lowest BCUT2D eigenvalue weighted by atomic mass is 9.69. The van der Waals surface area contributed by atoms with Crippen LogP contribution in [0.15, 0.2) is 0 Å². The molecule has 0 aromatic carbocycles. The normalized spacial score (nSPS) is 29.5. The van der Waals surface area contributed by atoms with Crippen molar-refractivity contribution < 1.29 is 4.79 Å². The molecule has 0 radical (unpaired) electrons. The monoisotopic (exact) mass is 151 g/mol. The molecule has 1 aliphatic carbocycles. The van der Waals surface area contributed by atoms with E-state index in [1.165, 1.54) is 0 Å². The fourth-order valence-electron chi connectivity index (χ4n) is 1.46. The SMILES string of the molecule is CC1(C)CCC(=O)C[C@@H]1C#N. The van der Waals surface area contributed by atoms with Gasteiger partial charge in [0, 0.05) is 12.8 Å². The van der Waals surface area contributed by atoms with E-state index in [-0.39, 0.29) is 17.1 Å². The van der Waals surface area contributed by atoms with Crippen LogP contribution < -0.4 is 0 Å². The number of nitriles is 1. The van der Waals surface area contributed by atoms with Crippen molar-refractivity contribution in [1.29, 1.82) is 5.26 Å². The third-order valence-electron chi connectivity index (χ3n) is 2.58. The third kappa shape index (κ3) is 1.59. The van der Waals surface area contributed by atoms with Crippen molar-refractivity contribution in [2.75, 3.05) is 0 Å². The second-order valence-electron chi connectivity index (χ2n) is 3.91. The molecule has 11 heavy (non-hydrogen) atoms. The summed E-state index contributed by atoms with van der Waals surface area (Å²) in [5.41, 5.74) is 0.0443. The van der Waals surface area contributed by atoms with Gasteiger partial charge in [-0.15, -0.1) is 0 Å². The Morgan fingerprint density at radius 3 is 2.73 bits per heavy atom. The molecule has 0 aromatic rings. The van der Waals surface area contributed by atoms with E-state index < -0.39 is 0 Å². The molecule has 2 heteroatoms. The largest absolute Gasteiger partial charge is 0.300 e. The van der Waals surface area contributed by atoms with E-state index >= 15 is 0 Å².